The molecule has 2 saturated carbocycles. The summed E-state index contributed by atoms with van der Waals surface area (Å²) < 4.78 is 24.8. The van der Waals surface area contributed by atoms with Crippen molar-refractivity contribution in [2.24, 2.45) is 13.0 Å². The number of nitrogens with zero attached hydrogens (tertiary/aromatic N) is 7. The molecule has 11 heteroatoms. The van der Waals surface area contributed by atoms with Gasteiger partial charge >= 0.3 is 0 Å². The molecule has 3 fully saturated rings. The van der Waals surface area contributed by atoms with E-state index in [1.54, 1.807) is 19.2 Å². The van der Waals surface area contributed by atoms with Gasteiger partial charge in [0.15, 0.2) is 0 Å². The maximum Gasteiger partial charge on any atom is 0.293 e. The maximum absolute atomic E-state index is 15.1. The summed E-state index contributed by atoms with van der Waals surface area (Å²) in [5.74, 6) is 0.325. The number of halogens is 2. The lowest BCUT2D eigenvalue weighted by atomic mass is 10.1. The largest absolute Gasteiger partial charge is 0.366 e. The van der Waals surface area contributed by atoms with E-state index in [1.165, 1.54) is 16.9 Å². The van der Waals surface area contributed by atoms with Crippen molar-refractivity contribution in [1.29, 1.82) is 0 Å². The highest BCUT2D eigenvalue weighted by molar-refractivity contribution is 6.30. The van der Waals surface area contributed by atoms with Crippen molar-refractivity contribution in [3.05, 3.63) is 63.5 Å². The third-order valence-electron chi connectivity index (χ3n) is 7.45. The standard InChI is InChI=1S/C26H25ClFN7O2/c1-33-25(36)24-19(10-29-33)23(18-7-4-16(27)8-20(18)28)31-26(32-24)34-12-21(14-2-3-14)37-22(13-34)15-9-30-35(11-15)17-5-6-17/h4,7-11,14,17,21-22H,2-3,5-6,12-13H2,1H3/t21-,22-/m0/s1. The molecule has 0 radical (unpaired) electrons. The number of anilines is 1. The second-order valence-corrected chi connectivity index (χ2v) is 10.7. The van der Waals surface area contributed by atoms with Gasteiger partial charge in [-0.2, -0.15) is 10.2 Å². The molecule has 0 unspecified atom stereocenters. The van der Waals surface area contributed by atoms with Gasteiger partial charge in [-0.25, -0.2) is 19.0 Å². The number of rotatable bonds is 5. The molecule has 1 aromatic carbocycles. The Balaban J connectivity index is 1.34. The number of ether oxygens (including phenoxy) is 1. The highest BCUT2D eigenvalue weighted by Gasteiger charge is 2.40. The average Bonchev–Trinajstić information content (AvgIpc) is 3.84. The van der Waals surface area contributed by atoms with Crippen LogP contribution in [0.25, 0.3) is 22.2 Å². The van der Waals surface area contributed by atoms with E-state index in [4.69, 9.17) is 26.3 Å². The zero-order valence-corrected chi connectivity index (χ0v) is 21.0. The summed E-state index contributed by atoms with van der Waals surface area (Å²) >= 11 is 6.01. The Morgan fingerprint density at radius 2 is 1.92 bits per heavy atom. The smallest absolute Gasteiger partial charge is 0.293 e. The molecular weight excluding hydrogens is 497 g/mol. The van der Waals surface area contributed by atoms with Crippen LogP contribution in [0, 0.1) is 11.7 Å². The Kier molecular flexibility index (Phi) is 5.30. The molecule has 2 atom stereocenters. The Bertz CT molecular complexity index is 1580. The first-order valence-corrected chi connectivity index (χ1v) is 13.0. The molecule has 0 bridgehead atoms. The van der Waals surface area contributed by atoms with Gasteiger partial charge in [0, 0.05) is 35.9 Å². The third-order valence-corrected chi connectivity index (χ3v) is 7.68. The van der Waals surface area contributed by atoms with Crippen LogP contribution < -0.4 is 10.5 Å². The van der Waals surface area contributed by atoms with E-state index in [-0.39, 0.29) is 33.9 Å². The van der Waals surface area contributed by atoms with Crippen LogP contribution in [0.4, 0.5) is 10.3 Å². The Morgan fingerprint density at radius 3 is 2.68 bits per heavy atom. The van der Waals surface area contributed by atoms with Gasteiger partial charge < -0.3 is 9.64 Å². The Labute approximate surface area is 216 Å². The highest BCUT2D eigenvalue weighted by Crippen LogP contribution is 2.41. The van der Waals surface area contributed by atoms with Gasteiger partial charge in [-0.15, -0.1) is 0 Å². The first kappa shape index (κ1) is 22.8. The van der Waals surface area contributed by atoms with Crippen molar-refractivity contribution in [3.63, 3.8) is 0 Å². The van der Waals surface area contributed by atoms with Crippen LogP contribution in [0.1, 0.15) is 43.4 Å². The van der Waals surface area contributed by atoms with Gasteiger partial charge in [-0.05, 0) is 49.8 Å². The minimum absolute atomic E-state index is 0.0123. The summed E-state index contributed by atoms with van der Waals surface area (Å²) in [6, 6.07) is 4.90. The lowest BCUT2D eigenvalue weighted by Crippen LogP contribution is -2.46. The number of aryl methyl sites for hydroxylation is 1. The van der Waals surface area contributed by atoms with Crippen molar-refractivity contribution in [3.8, 4) is 11.3 Å². The van der Waals surface area contributed by atoms with E-state index < -0.39 is 5.82 Å². The van der Waals surface area contributed by atoms with Crippen LogP contribution in [0.3, 0.4) is 0 Å². The van der Waals surface area contributed by atoms with E-state index in [1.807, 2.05) is 10.9 Å². The summed E-state index contributed by atoms with van der Waals surface area (Å²) in [4.78, 5) is 24.6. The summed E-state index contributed by atoms with van der Waals surface area (Å²) in [5, 5.41) is 9.36. The monoisotopic (exact) mass is 521 g/mol. The van der Waals surface area contributed by atoms with Crippen molar-refractivity contribution in [2.45, 2.75) is 43.9 Å². The molecule has 190 valence electrons. The first-order chi connectivity index (χ1) is 17.9. The van der Waals surface area contributed by atoms with Gasteiger partial charge in [0.2, 0.25) is 5.95 Å². The number of hydrogen-bond acceptors (Lipinski definition) is 7. The summed E-state index contributed by atoms with van der Waals surface area (Å²) in [6.07, 6.45) is 9.83. The van der Waals surface area contributed by atoms with Crippen LogP contribution in [0.2, 0.25) is 5.02 Å². The van der Waals surface area contributed by atoms with E-state index in [9.17, 15) is 4.79 Å². The molecule has 3 aromatic heterocycles. The average molecular weight is 522 g/mol. The minimum Gasteiger partial charge on any atom is -0.366 e. The fourth-order valence-corrected chi connectivity index (χ4v) is 5.20. The molecule has 0 spiro atoms. The van der Waals surface area contributed by atoms with Crippen LogP contribution >= 0.6 is 11.6 Å². The van der Waals surface area contributed by atoms with Crippen LogP contribution in [0.15, 0.2) is 41.6 Å². The molecule has 1 aliphatic heterocycles. The van der Waals surface area contributed by atoms with Gasteiger partial charge in [-0.1, -0.05) is 11.6 Å². The molecule has 2 aliphatic carbocycles. The second kappa shape index (κ2) is 8.59. The van der Waals surface area contributed by atoms with Gasteiger partial charge in [0.1, 0.15) is 17.4 Å². The SMILES string of the molecule is Cn1ncc2c(-c3ccc(Cl)cc3F)nc(N3C[C@@H](c4cnn(C5CC5)c4)O[C@H](C4CC4)C3)nc2c1=O. The molecule has 9 nitrogen and oxygen atoms in total. The van der Waals surface area contributed by atoms with Crippen molar-refractivity contribution in [2.75, 3.05) is 18.0 Å². The third kappa shape index (κ3) is 4.18. The fraction of sp³-hybridized carbons (Fsp3) is 0.423. The number of fused-ring (bicyclic) bond motifs is 1. The second-order valence-electron chi connectivity index (χ2n) is 10.2. The molecule has 37 heavy (non-hydrogen) atoms. The van der Waals surface area contributed by atoms with Crippen LogP contribution in [-0.2, 0) is 11.8 Å². The lowest BCUT2D eigenvalue weighted by Gasteiger charge is -2.38. The molecule has 4 aromatic rings. The van der Waals surface area contributed by atoms with Crippen molar-refractivity contribution in [1.82, 2.24) is 29.5 Å². The molecule has 3 aliphatic rings. The van der Waals surface area contributed by atoms with Crippen molar-refractivity contribution < 1.29 is 9.13 Å². The predicted octanol–water partition coefficient (Wildman–Crippen LogP) is 4.07. The summed E-state index contributed by atoms with van der Waals surface area (Å²) in [5.41, 5.74) is 1.40. The molecule has 1 saturated heterocycles. The minimum atomic E-state index is -0.526. The molecule has 4 heterocycles. The highest BCUT2D eigenvalue weighted by atomic mass is 35.5. The van der Waals surface area contributed by atoms with Crippen LogP contribution in [0.5, 0.6) is 0 Å². The van der Waals surface area contributed by atoms with E-state index >= 15 is 4.39 Å². The zero-order valence-electron chi connectivity index (χ0n) is 20.2. The van der Waals surface area contributed by atoms with E-state index in [0.29, 0.717) is 42.1 Å². The summed E-state index contributed by atoms with van der Waals surface area (Å²) in [7, 11) is 1.57. The Morgan fingerprint density at radius 1 is 1.08 bits per heavy atom. The molecular formula is C26H25ClFN7O2. The van der Waals surface area contributed by atoms with Crippen molar-refractivity contribution >= 4 is 28.5 Å². The number of morpholine rings is 1. The maximum atomic E-state index is 15.1. The fourth-order valence-electron chi connectivity index (χ4n) is 5.04. The topological polar surface area (TPSA) is 91.0 Å². The lowest BCUT2D eigenvalue weighted by molar-refractivity contribution is -0.0390. The number of hydrogen-bond donors (Lipinski definition) is 0. The summed E-state index contributed by atoms with van der Waals surface area (Å²) in [6.45, 7) is 1.09. The predicted molar refractivity (Wildman–Crippen MR) is 136 cm³/mol. The Hall–Kier alpha value is -3.37. The normalized spacial score (nSPS) is 22.1. The van der Waals surface area contributed by atoms with Gasteiger partial charge in [-0.3, -0.25) is 9.48 Å². The van der Waals surface area contributed by atoms with E-state index in [0.717, 1.165) is 31.2 Å². The quantitative estimate of drug-likeness (QED) is 0.391. The molecule has 0 amide bonds. The zero-order chi connectivity index (χ0) is 25.3. The van der Waals surface area contributed by atoms with E-state index in [2.05, 4.69) is 21.3 Å². The molecule has 7 rings (SSSR count). The number of aromatic nitrogens is 6. The van der Waals surface area contributed by atoms with Crippen LogP contribution in [-0.4, -0.2) is 48.7 Å². The van der Waals surface area contributed by atoms with Gasteiger partial charge in [0.05, 0.1) is 42.2 Å². The first-order valence-electron chi connectivity index (χ1n) is 12.6. The number of benzene rings is 1. The molecule has 0 N–H and O–H groups in total. The van der Waals surface area contributed by atoms with Gasteiger partial charge in [0.25, 0.3) is 5.56 Å².